The summed E-state index contributed by atoms with van der Waals surface area (Å²) < 4.78 is 7.64. The smallest absolute Gasteiger partial charge is 0.261 e. The second-order valence-electron chi connectivity index (χ2n) is 8.44. The standard InChI is InChI=1S/C27H25N3O3/c1-18-5-4-6-22(17-18)33-21-13-9-19(10-14-21)28-26(31)16-15-25-29-24-8-3-2-7-23(24)27(32)30(25)20-11-12-20/h2-10,13-14,17,20H,11-12,15-16H2,1H3,(H,28,31). The largest absolute Gasteiger partial charge is 0.457 e. The van der Waals surface area contributed by atoms with Crippen molar-refractivity contribution in [3.63, 3.8) is 0 Å². The molecule has 1 aliphatic carbocycles. The molecule has 0 radical (unpaired) electrons. The molecule has 1 N–H and O–H groups in total. The Labute approximate surface area is 191 Å². The quantitative estimate of drug-likeness (QED) is 0.418. The summed E-state index contributed by atoms with van der Waals surface area (Å²) in [7, 11) is 0. The van der Waals surface area contributed by atoms with Crippen LogP contribution in [-0.2, 0) is 11.2 Å². The first kappa shape index (κ1) is 20.9. The number of carbonyl (C=O) groups is 1. The predicted molar refractivity (Wildman–Crippen MR) is 129 cm³/mol. The number of rotatable bonds is 7. The minimum absolute atomic E-state index is 0.0114. The maximum Gasteiger partial charge on any atom is 0.261 e. The fraction of sp³-hybridized carbons (Fsp3) is 0.222. The van der Waals surface area contributed by atoms with Crippen molar-refractivity contribution >= 4 is 22.5 Å². The number of amides is 1. The minimum atomic E-state index is -0.118. The summed E-state index contributed by atoms with van der Waals surface area (Å²) in [5.41, 5.74) is 2.49. The molecule has 166 valence electrons. The first-order valence-electron chi connectivity index (χ1n) is 11.2. The molecule has 3 aromatic carbocycles. The first-order chi connectivity index (χ1) is 16.1. The van der Waals surface area contributed by atoms with Crippen LogP contribution < -0.4 is 15.6 Å². The van der Waals surface area contributed by atoms with E-state index < -0.39 is 0 Å². The van der Waals surface area contributed by atoms with Crippen LogP contribution in [0.3, 0.4) is 0 Å². The maximum atomic E-state index is 13.0. The topological polar surface area (TPSA) is 73.2 Å². The van der Waals surface area contributed by atoms with Gasteiger partial charge in [0.25, 0.3) is 5.56 Å². The Balaban J connectivity index is 1.24. The molecule has 1 aromatic heterocycles. The van der Waals surface area contributed by atoms with E-state index in [9.17, 15) is 9.59 Å². The molecule has 1 heterocycles. The average Bonchev–Trinajstić information content (AvgIpc) is 3.64. The molecule has 0 atom stereocenters. The van der Waals surface area contributed by atoms with Crippen molar-refractivity contribution in [2.24, 2.45) is 0 Å². The number of para-hydroxylation sites is 1. The molecule has 0 spiro atoms. The normalized spacial score (nSPS) is 13.1. The second kappa shape index (κ2) is 8.90. The van der Waals surface area contributed by atoms with Gasteiger partial charge in [0.1, 0.15) is 17.3 Å². The van der Waals surface area contributed by atoms with Gasteiger partial charge in [0.15, 0.2) is 0 Å². The van der Waals surface area contributed by atoms with E-state index in [-0.39, 0.29) is 23.9 Å². The lowest BCUT2D eigenvalue weighted by Gasteiger charge is -2.13. The van der Waals surface area contributed by atoms with Gasteiger partial charge in [-0.2, -0.15) is 0 Å². The van der Waals surface area contributed by atoms with E-state index in [2.05, 4.69) is 5.32 Å². The maximum absolute atomic E-state index is 13.0. The zero-order valence-electron chi connectivity index (χ0n) is 18.5. The number of fused-ring (bicyclic) bond motifs is 1. The third-order valence-electron chi connectivity index (χ3n) is 5.73. The van der Waals surface area contributed by atoms with Crippen LogP contribution in [-0.4, -0.2) is 15.5 Å². The Hall–Kier alpha value is -3.93. The number of benzene rings is 3. The lowest BCUT2D eigenvalue weighted by atomic mass is 10.2. The number of nitrogens with one attached hydrogen (secondary N) is 1. The molecule has 1 amide bonds. The van der Waals surface area contributed by atoms with Crippen molar-refractivity contribution in [1.29, 1.82) is 0 Å². The van der Waals surface area contributed by atoms with Crippen LogP contribution >= 0.6 is 0 Å². The van der Waals surface area contributed by atoms with Crippen molar-refractivity contribution in [3.8, 4) is 11.5 Å². The highest BCUT2D eigenvalue weighted by Crippen LogP contribution is 2.35. The molecule has 1 aliphatic rings. The molecule has 0 saturated heterocycles. The van der Waals surface area contributed by atoms with E-state index in [4.69, 9.17) is 9.72 Å². The van der Waals surface area contributed by atoms with E-state index in [1.54, 1.807) is 4.57 Å². The summed E-state index contributed by atoms with van der Waals surface area (Å²) in [5, 5.41) is 3.55. The molecule has 4 aromatic rings. The summed E-state index contributed by atoms with van der Waals surface area (Å²) in [5.74, 6) is 2.04. The van der Waals surface area contributed by atoms with E-state index >= 15 is 0 Å². The van der Waals surface area contributed by atoms with Crippen LogP contribution in [0.1, 0.15) is 36.7 Å². The number of ether oxygens (including phenoxy) is 1. The molecular formula is C27H25N3O3. The summed E-state index contributed by atoms with van der Waals surface area (Å²) >= 11 is 0. The molecule has 0 bridgehead atoms. The summed E-state index contributed by atoms with van der Waals surface area (Å²) in [4.78, 5) is 30.2. The van der Waals surface area contributed by atoms with Crippen molar-refractivity contribution in [3.05, 3.63) is 94.5 Å². The molecule has 6 nitrogen and oxygen atoms in total. The Morgan fingerprint density at radius 3 is 2.58 bits per heavy atom. The van der Waals surface area contributed by atoms with Crippen LogP contribution in [0.2, 0.25) is 0 Å². The molecular weight excluding hydrogens is 414 g/mol. The fourth-order valence-electron chi connectivity index (χ4n) is 3.95. The van der Waals surface area contributed by atoms with Gasteiger partial charge in [0.2, 0.25) is 5.91 Å². The predicted octanol–water partition coefficient (Wildman–Crippen LogP) is 5.40. The van der Waals surface area contributed by atoms with Gasteiger partial charge in [-0.15, -0.1) is 0 Å². The third kappa shape index (κ3) is 4.80. The number of carbonyl (C=O) groups excluding carboxylic acids is 1. The molecule has 33 heavy (non-hydrogen) atoms. The van der Waals surface area contributed by atoms with Gasteiger partial charge in [0, 0.05) is 24.6 Å². The van der Waals surface area contributed by atoms with Crippen molar-refractivity contribution in [2.75, 3.05) is 5.32 Å². The number of aromatic nitrogens is 2. The molecule has 6 heteroatoms. The highest BCUT2D eigenvalue weighted by atomic mass is 16.5. The van der Waals surface area contributed by atoms with E-state index in [0.717, 1.165) is 24.2 Å². The SMILES string of the molecule is Cc1cccc(Oc2ccc(NC(=O)CCc3nc4ccccc4c(=O)n3C3CC3)cc2)c1. The van der Waals surface area contributed by atoms with Crippen LogP contribution in [0.15, 0.2) is 77.6 Å². The van der Waals surface area contributed by atoms with Gasteiger partial charge >= 0.3 is 0 Å². The Morgan fingerprint density at radius 2 is 1.82 bits per heavy atom. The van der Waals surface area contributed by atoms with Crippen molar-refractivity contribution < 1.29 is 9.53 Å². The highest BCUT2D eigenvalue weighted by molar-refractivity contribution is 5.90. The zero-order chi connectivity index (χ0) is 22.8. The van der Waals surface area contributed by atoms with Crippen LogP contribution in [0.4, 0.5) is 5.69 Å². The number of hydrogen-bond acceptors (Lipinski definition) is 4. The van der Waals surface area contributed by atoms with Gasteiger partial charge in [0.05, 0.1) is 10.9 Å². The Morgan fingerprint density at radius 1 is 1.03 bits per heavy atom. The lowest BCUT2D eigenvalue weighted by Crippen LogP contribution is -2.25. The van der Waals surface area contributed by atoms with Crippen LogP contribution in [0.25, 0.3) is 10.9 Å². The van der Waals surface area contributed by atoms with Crippen molar-refractivity contribution in [1.82, 2.24) is 9.55 Å². The summed E-state index contributed by atoms with van der Waals surface area (Å²) in [6.45, 7) is 2.02. The first-order valence-corrected chi connectivity index (χ1v) is 11.2. The highest BCUT2D eigenvalue weighted by Gasteiger charge is 2.28. The second-order valence-corrected chi connectivity index (χ2v) is 8.44. The van der Waals surface area contributed by atoms with Gasteiger partial charge in [-0.3, -0.25) is 14.2 Å². The minimum Gasteiger partial charge on any atom is -0.457 e. The lowest BCUT2D eigenvalue weighted by molar-refractivity contribution is -0.116. The van der Waals surface area contributed by atoms with E-state index in [1.807, 2.05) is 79.7 Å². The molecule has 5 rings (SSSR count). The van der Waals surface area contributed by atoms with Gasteiger partial charge < -0.3 is 10.1 Å². The Kier molecular flexibility index (Phi) is 5.65. The number of aryl methyl sites for hydroxylation is 2. The van der Waals surface area contributed by atoms with Crippen LogP contribution in [0.5, 0.6) is 11.5 Å². The number of nitrogens with zero attached hydrogens (tertiary/aromatic N) is 2. The molecule has 0 unspecified atom stereocenters. The van der Waals surface area contributed by atoms with Crippen molar-refractivity contribution in [2.45, 2.75) is 38.6 Å². The number of hydrogen-bond donors (Lipinski definition) is 1. The molecule has 1 fully saturated rings. The molecule has 0 aliphatic heterocycles. The monoisotopic (exact) mass is 439 g/mol. The van der Waals surface area contributed by atoms with Gasteiger partial charge in [-0.25, -0.2) is 4.98 Å². The Bertz CT molecular complexity index is 1370. The third-order valence-corrected chi connectivity index (χ3v) is 5.73. The zero-order valence-corrected chi connectivity index (χ0v) is 18.5. The van der Waals surface area contributed by atoms with Gasteiger partial charge in [-0.1, -0.05) is 24.3 Å². The van der Waals surface area contributed by atoms with Gasteiger partial charge in [-0.05, 0) is 73.9 Å². The summed E-state index contributed by atoms with van der Waals surface area (Å²) in [6, 6.07) is 22.7. The molecule has 1 saturated carbocycles. The number of anilines is 1. The fourth-order valence-corrected chi connectivity index (χ4v) is 3.95. The average molecular weight is 440 g/mol. The van der Waals surface area contributed by atoms with E-state index in [1.165, 1.54) is 0 Å². The van der Waals surface area contributed by atoms with Crippen LogP contribution in [0, 0.1) is 6.92 Å². The van der Waals surface area contributed by atoms with E-state index in [0.29, 0.717) is 34.6 Å². The summed E-state index contributed by atoms with van der Waals surface area (Å²) in [6.07, 6.45) is 2.63.